The molecule has 8 heteroatoms. The fourth-order valence-corrected chi connectivity index (χ4v) is 4.66. The second-order valence-corrected chi connectivity index (χ2v) is 9.87. The van der Waals surface area contributed by atoms with E-state index < -0.39 is 11.6 Å². The summed E-state index contributed by atoms with van der Waals surface area (Å²) in [4.78, 5) is 27.2. The molecule has 0 saturated heterocycles. The molecular formula is C27H29F2N5O. The van der Waals surface area contributed by atoms with E-state index >= 15 is 0 Å². The first-order valence-corrected chi connectivity index (χ1v) is 11.9. The molecular weight excluding hydrogens is 448 g/mol. The van der Waals surface area contributed by atoms with Gasteiger partial charge in [0.15, 0.2) is 17.3 Å². The van der Waals surface area contributed by atoms with Crippen molar-refractivity contribution in [3.63, 3.8) is 0 Å². The van der Waals surface area contributed by atoms with E-state index in [0.717, 1.165) is 17.2 Å². The van der Waals surface area contributed by atoms with Crippen LogP contribution in [0.15, 0.2) is 47.5 Å². The van der Waals surface area contributed by atoms with Crippen molar-refractivity contribution in [2.75, 3.05) is 18.0 Å². The van der Waals surface area contributed by atoms with Crippen LogP contribution in [0.3, 0.4) is 0 Å². The number of aliphatic imine (C=N–C) groups is 1. The maximum absolute atomic E-state index is 14.1. The highest BCUT2D eigenvalue weighted by Gasteiger charge is 2.48. The Morgan fingerprint density at radius 3 is 2.43 bits per heavy atom. The summed E-state index contributed by atoms with van der Waals surface area (Å²) in [6, 6.07) is 11.8. The monoisotopic (exact) mass is 477 g/mol. The molecule has 2 aliphatic heterocycles. The van der Waals surface area contributed by atoms with Gasteiger partial charge in [-0.25, -0.2) is 18.8 Å². The number of imidazole rings is 1. The van der Waals surface area contributed by atoms with Crippen LogP contribution in [0.1, 0.15) is 49.3 Å². The summed E-state index contributed by atoms with van der Waals surface area (Å²) < 4.78 is 29.7. The molecule has 2 aromatic carbocycles. The number of amides is 1. The lowest BCUT2D eigenvalue weighted by atomic mass is 9.90. The maximum atomic E-state index is 14.1. The fraction of sp³-hybridized carbons (Fsp3) is 0.370. The van der Waals surface area contributed by atoms with Gasteiger partial charge in [-0.1, -0.05) is 49.7 Å². The number of carbonyl (C=O) groups is 1. The highest BCUT2D eigenvalue weighted by molar-refractivity contribution is 6.18. The van der Waals surface area contributed by atoms with Crippen LogP contribution in [-0.4, -0.2) is 44.9 Å². The van der Waals surface area contributed by atoms with Gasteiger partial charge < -0.3 is 4.57 Å². The average molecular weight is 478 g/mol. The van der Waals surface area contributed by atoms with E-state index in [4.69, 9.17) is 9.98 Å². The Labute approximate surface area is 203 Å². The molecule has 0 fully saturated rings. The number of hydrogen-bond donors (Lipinski definition) is 0. The number of aromatic nitrogens is 2. The van der Waals surface area contributed by atoms with Crippen LogP contribution in [0.5, 0.6) is 0 Å². The van der Waals surface area contributed by atoms with E-state index in [1.807, 2.05) is 42.7 Å². The summed E-state index contributed by atoms with van der Waals surface area (Å²) >= 11 is 0. The number of aryl methyl sites for hydroxylation is 1. The van der Waals surface area contributed by atoms with Crippen LogP contribution in [0.25, 0.3) is 11.4 Å². The number of benzene rings is 2. The van der Waals surface area contributed by atoms with E-state index in [-0.39, 0.29) is 23.9 Å². The number of hydrogen-bond acceptors (Lipinski definition) is 4. The van der Waals surface area contributed by atoms with Crippen molar-refractivity contribution in [1.29, 1.82) is 0 Å². The van der Waals surface area contributed by atoms with Gasteiger partial charge in [-0.3, -0.25) is 14.6 Å². The molecule has 0 bridgehead atoms. The molecule has 1 aromatic heterocycles. The fourth-order valence-electron chi connectivity index (χ4n) is 4.66. The molecule has 0 saturated carbocycles. The van der Waals surface area contributed by atoms with Gasteiger partial charge in [0.25, 0.3) is 5.91 Å². The Hall–Kier alpha value is -3.55. The van der Waals surface area contributed by atoms with Gasteiger partial charge in [-0.2, -0.15) is 0 Å². The van der Waals surface area contributed by atoms with Gasteiger partial charge in [0, 0.05) is 12.1 Å². The zero-order chi connectivity index (χ0) is 25.1. The third-order valence-electron chi connectivity index (χ3n) is 7.16. The van der Waals surface area contributed by atoms with E-state index in [9.17, 15) is 13.6 Å². The van der Waals surface area contributed by atoms with E-state index in [1.54, 1.807) is 11.0 Å². The SMILES string of the molecule is CCN1C(=O)c2nc(-c3ccc(C)cc3)n(Cc3ccc(F)c(F)c3)c2N2CC(C)(C(C)C)N=C12. The molecule has 3 aromatic rings. The molecule has 35 heavy (non-hydrogen) atoms. The van der Waals surface area contributed by atoms with Crippen molar-refractivity contribution < 1.29 is 13.6 Å². The first-order chi connectivity index (χ1) is 16.6. The molecule has 5 rings (SSSR count). The number of anilines is 1. The van der Waals surface area contributed by atoms with Gasteiger partial charge in [0.1, 0.15) is 11.6 Å². The van der Waals surface area contributed by atoms with Crippen LogP contribution in [0.4, 0.5) is 14.6 Å². The highest BCUT2D eigenvalue weighted by Crippen LogP contribution is 2.40. The molecule has 3 heterocycles. The standard InChI is InChI=1S/C27H29F2N5O/c1-6-32-25(35)22-24(34-15-27(5,16(2)3)31-26(32)34)33(14-18-9-12-20(28)21(29)13-18)23(30-22)19-10-7-17(4)8-11-19/h7-13,16H,6,14-15H2,1-5H3. The normalized spacial score (nSPS) is 19.3. The summed E-state index contributed by atoms with van der Waals surface area (Å²) in [5.74, 6) is 0.0997. The van der Waals surface area contributed by atoms with Crippen LogP contribution >= 0.6 is 0 Å². The predicted molar refractivity (Wildman–Crippen MR) is 133 cm³/mol. The minimum absolute atomic E-state index is 0.206. The topological polar surface area (TPSA) is 53.7 Å². The van der Waals surface area contributed by atoms with Crippen LogP contribution < -0.4 is 4.90 Å². The Kier molecular flexibility index (Phi) is 5.49. The molecule has 0 N–H and O–H groups in total. The van der Waals surface area contributed by atoms with Crippen molar-refractivity contribution in [3.05, 3.63) is 70.9 Å². The predicted octanol–water partition coefficient (Wildman–Crippen LogP) is 5.25. The molecule has 182 valence electrons. The molecule has 6 nitrogen and oxygen atoms in total. The number of halogens is 2. The number of carbonyl (C=O) groups excluding carboxylic acids is 1. The lowest BCUT2D eigenvalue weighted by Crippen LogP contribution is -2.51. The minimum atomic E-state index is -0.905. The van der Waals surface area contributed by atoms with Crippen molar-refractivity contribution >= 4 is 17.7 Å². The number of rotatable bonds is 5. The molecule has 0 aliphatic carbocycles. The van der Waals surface area contributed by atoms with Gasteiger partial charge in [0.2, 0.25) is 5.96 Å². The summed E-state index contributed by atoms with van der Waals surface area (Å²) in [6.45, 7) is 11.6. The molecule has 0 spiro atoms. The van der Waals surface area contributed by atoms with Gasteiger partial charge in [-0.05, 0) is 44.4 Å². The Morgan fingerprint density at radius 1 is 1.09 bits per heavy atom. The average Bonchev–Trinajstić information content (AvgIpc) is 3.36. The third kappa shape index (κ3) is 3.72. The number of fused-ring (bicyclic) bond motifs is 3. The Morgan fingerprint density at radius 2 is 1.80 bits per heavy atom. The highest BCUT2D eigenvalue weighted by atomic mass is 19.2. The molecule has 2 aliphatic rings. The number of nitrogens with zero attached hydrogens (tertiary/aromatic N) is 5. The van der Waals surface area contributed by atoms with Crippen molar-refractivity contribution in [2.24, 2.45) is 10.9 Å². The van der Waals surface area contributed by atoms with E-state index in [0.29, 0.717) is 41.9 Å². The molecule has 1 unspecified atom stereocenters. The molecule has 1 atom stereocenters. The summed E-state index contributed by atoms with van der Waals surface area (Å²) in [7, 11) is 0. The summed E-state index contributed by atoms with van der Waals surface area (Å²) in [6.07, 6.45) is 0. The lowest BCUT2D eigenvalue weighted by Gasteiger charge is -2.34. The minimum Gasteiger partial charge on any atom is -0.305 e. The summed E-state index contributed by atoms with van der Waals surface area (Å²) in [5.41, 5.74) is 2.48. The smallest absolute Gasteiger partial charge is 0.283 e. The second kappa shape index (κ2) is 8.29. The van der Waals surface area contributed by atoms with Gasteiger partial charge in [0.05, 0.1) is 18.6 Å². The van der Waals surface area contributed by atoms with E-state index in [2.05, 4.69) is 25.7 Å². The van der Waals surface area contributed by atoms with Crippen LogP contribution in [-0.2, 0) is 6.54 Å². The number of guanidine groups is 1. The van der Waals surface area contributed by atoms with Gasteiger partial charge in [-0.15, -0.1) is 0 Å². The van der Waals surface area contributed by atoms with E-state index in [1.165, 1.54) is 6.07 Å². The van der Waals surface area contributed by atoms with Crippen LogP contribution in [0, 0.1) is 24.5 Å². The zero-order valence-electron chi connectivity index (χ0n) is 20.6. The molecule has 0 radical (unpaired) electrons. The third-order valence-corrected chi connectivity index (χ3v) is 7.16. The second-order valence-electron chi connectivity index (χ2n) is 9.87. The van der Waals surface area contributed by atoms with Gasteiger partial charge >= 0.3 is 0 Å². The van der Waals surface area contributed by atoms with Crippen molar-refractivity contribution in [2.45, 2.75) is 46.7 Å². The maximum Gasteiger partial charge on any atom is 0.283 e. The Balaban J connectivity index is 1.73. The van der Waals surface area contributed by atoms with Crippen molar-refractivity contribution in [1.82, 2.24) is 14.5 Å². The zero-order valence-corrected chi connectivity index (χ0v) is 20.6. The first kappa shape index (κ1) is 23.2. The Bertz CT molecular complexity index is 1340. The van der Waals surface area contributed by atoms with Crippen molar-refractivity contribution in [3.8, 4) is 11.4 Å². The molecule has 1 amide bonds. The summed E-state index contributed by atoms with van der Waals surface area (Å²) in [5, 5.41) is 0. The quantitative estimate of drug-likeness (QED) is 0.504. The lowest BCUT2D eigenvalue weighted by molar-refractivity contribution is 0.0841. The first-order valence-electron chi connectivity index (χ1n) is 11.9. The largest absolute Gasteiger partial charge is 0.305 e. The van der Waals surface area contributed by atoms with Crippen LogP contribution in [0.2, 0.25) is 0 Å².